The van der Waals surface area contributed by atoms with Gasteiger partial charge in [0.15, 0.2) is 4.77 Å². The molecule has 2 aromatic rings. The minimum atomic E-state index is 0.788. The molecule has 74 valence electrons. The second-order valence-corrected chi connectivity index (χ2v) is 4.75. The van der Waals surface area contributed by atoms with Crippen molar-refractivity contribution < 1.29 is 0 Å². The predicted molar refractivity (Wildman–Crippen MR) is 62.4 cm³/mol. The quantitative estimate of drug-likeness (QED) is 0.794. The van der Waals surface area contributed by atoms with Crippen LogP contribution in [0, 0.1) is 4.77 Å². The Morgan fingerprint density at radius 3 is 2.79 bits per heavy atom. The molecule has 2 heterocycles. The van der Waals surface area contributed by atoms with Crippen LogP contribution < -0.4 is 0 Å². The number of nitrogens with zero attached hydrogens (tertiary/aromatic N) is 1. The van der Waals surface area contributed by atoms with Crippen LogP contribution in [0.15, 0.2) is 24.5 Å². The van der Waals surface area contributed by atoms with Crippen molar-refractivity contribution in [3.8, 4) is 0 Å². The number of nitrogens with one attached hydrogen (secondary N) is 1. The first-order valence-electron chi connectivity index (χ1n) is 4.61. The van der Waals surface area contributed by atoms with Gasteiger partial charge >= 0.3 is 0 Å². The number of hydrogen-bond acceptors (Lipinski definition) is 2. The summed E-state index contributed by atoms with van der Waals surface area (Å²) in [6.45, 7) is 3.06. The summed E-state index contributed by atoms with van der Waals surface area (Å²) < 4.78 is 2.83. The Hall–Kier alpha value is -0.870. The normalized spacial score (nSPS) is 10.6. The highest BCUT2D eigenvalue weighted by molar-refractivity contribution is 7.71. The zero-order valence-corrected chi connectivity index (χ0v) is 9.62. The summed E-state index contributed by atoms with van der Waals surface area (Å²) in [5, 5.41) is 0. The van der Waals surface area contributed by atoms with Crippen LogP contribution in [0.2, 0.25) is 0 Å². The van der Waals surface area contributed by atoms with E-state index in [1.54, 1.807) is 0 Å². The zero-order valence-electron chi connectivity index (χ0n) is 7.99. The molecule has 0 radical (unpaired) electrons. The largest absolute Gasteiger partial charge is 0.337 e. The fraction of sp³-hybridized carbons (Fsp3) is 0.300. The van der Waals surface area contributed by atoms with Gasteiger partial charge in [-0.3, -0.25) is 0 Å². The third-order valence-electron chi connectivity index (χ3n) is 2.11. The van der Waals surface area contributed by atoms with Gasteiger partial charge in [0.2, 0.25) is 0 Å². The van der Waals surface area contributed by atoms with Gasteiger partial charge in [-0.2, -0.15) is 0 Å². The molecular formula is C10H12N2S2. The summed E-state index contributed by atoms with van der Waals surface area (Å²) in [7, 11) is 0. The molecule has 0 saturated carbocycles. The van der Waals surface area contributed by atoms with Crippen molar-refractivity contribution in [2.45, 2.75) is 19.9 Å². The molecule has 1 N–H and O–H groups in total. The average Bonchev–Trinajstić information content (AvgIpc) is 2.77. The van der Waals surface area contributed by atoms with E-state index in [2.05, 4.69) is 24.0 Å². The fourth-order valence-electron chi connectivity index (χ4n) is 1.34. The van der Waals surface area contributed by atoms with Crippen LogP contribution in [-0.2, 0) is 13.0 Å². The maximum atomic E-state index is 5.13. The second-order valence-electron chi connectivity index (χ2n) is 3.11. The third kappa shape index (κ3) is 1.96. The molecule has 2 aromatic heterocycles. The van der Waals surface area contributed by atoms with Gasteiger partial charge in [-0.05, 0) is 30.8 Å². The fourth-order valence-corrected chi connectivity index (χ4v) is 2.49. The first-order chi connectivity index (χ1) is 6.79. The van der Waals surface area contributed by atoms with Gasteiger partial charge in [-0.1, -0.05) is 6.92 Å². The molecule has 0 aliphatic carbocycles. The topological polar surface area (TPSA) is 20.7 Å². The summed E-state index contributed by atoms with van der Waals surface area (Å²) >= 11 is 6.99. The Morgan fingerprint density at radius 1 is 1.43 bits per heavy atom. The van der Waals surface area contributed by atoms with Crippen LogP contribution in [-0.4, -0.2) is 9.55 Å². The number of aromatic amines is 1. The van der Waals surface area contributed by atoms with E-state index in [4.69, 9.17) is 12.2 Å². The van der Waals surface area contributed by atoms with Crippen molar-refractivity contribution in [1.29, 1.82) is 0 Å². The number of thiophene rings is 1. The monoisotopic (exact) mass is 224 g/mol. The zero-order chi connectivity index (χ0) is 9.97. The standard InChI is InChI=1S/C10H12N2S2/c1-2-8-3-4-9(14-8)7-12-6-5-11-10(12)13/h3-6H,2,7H2,1H3,(H,11,13). The van der Waals surface area contributed by atoms with Crippen molar-refractivity contribution in [3.05, 3.63) is 39.1 Å². The summed E-state index contributed by atoms with van der Waals surface area (Å²) in [5.74, 6) is 0. The molecule has 0 amide bonds. The smallest absolute Gasteiger partial charge is 0.177 e. The van der Waals surface area contributed by atoms with E-state index in [1.165, 1.54) is 9.75 Å². The maximum absolute atomic E-state index is 5.13. The van der Waals surface area contributed by atoms with Gasteiger partial charge in [0, 0.05) is 22.1 Å². The second kappa shape index (κ2) is 4.11. The molecule has 0 spiro atoms. The lowest BCUT2D eigenvalue weighted by molar-refractivity contribution is 0.796. The van der Waals surface area contributed by atoms with E-state index in [9.17, 15) is 0 Å². The molecule has 0 saturated heterocycles. The van der Waals surface area contributed by atoms with E-state index in [1.807, 2.05) is 28.3 Å². The van der Waals surface area contributed by atoms with Gasteiger partial charge < -0.3 is 9.55 Å². The van der Waals surface area contributed by atoms with E-state index in [0.29, 0.717) is 0 Å². The molecule has 0 unspecified atom stereocenters. The number of aromatic nitrogens is 2. The molecule has 0 bridgehead atoms. The highest BCUT2D eigenvalue weighted by Crippen LogP contribution is 2.17. The Bertz CT molecular complexity index is 464. The van der Waals surface area contributed by atoms with Gasteiger partial charge in [-0.25, -0.2) is 0 Å². The van der Waals surface area contributed by atoms with E-state index < -0.39 is 0 Å². The number of imidazole rings is 1. The first-order valence-corrected chi connectivity index (χ1v) is 5.83. The molecule has 0 aliphatic heterocycles. The van der Waals surface area contributed by atoms with Crippen LogP contribution in [0.4, 0.5) is 0 Å². The lowest BCUT2D eigenvalue weighted by Crippen LogP contribution is -1.95. The summed E-state index contributed by atoms with van der Waals surface area (Å²) in [5.41, 5.74) is 0. The van der Waals surface area contributed by atoms with Gasteiger partial charge in [0.05, 0.1) is 6.54 Å². The molecule has 0 fully saturated rings. The Balaban J connectivity index is 2.19. The van der Waals surface area contributed by atoms with Gasteiger partial charge in [0.1, 0.15) is 0 Å². The van der Waals surface area contributed by atoms with Crippen molar-refractivity contribution >= 4 is 23.6 Å². The minimum Gasteiger partial charge on any atom is -0.337 e. The van der Waals surface area contributed by atoms with Crippen LogP contribution in [0.5, 0.6) is 0 Å². The SMILES string of the molecule is CCc1ccc(Cn2cc[nH]c2=S)s1. The van der Waals surface area contributed by atoms with Crippen molar-refractivity contribution in [2.24, 2.45) is 0 Å². The van der Waals surface area contributed by atoms with Crippen molar-refractivity contribution in [3.63, 3.8) is 0 Å². The maximum Gasteiger partial charge on any atom is 0.177 e. The highest BCUT2D eigenvalue weighted by atomic mass is 32.1. The molecule has 14 heavy (non-hydrogen) atoms. The van der Waals surface area contributed by atoms with Crippen LogP contribution >= 0.6 is 23.6 Å². The minimum absolute atomic E-state index is 0.788. The average molecular weight is 224 g/mol. The summed E-state index contributed by atoms with van der Waals surface area (Å²) in [6, 6.07) is 4.37. The lowest BCUT2D eigenvalue weighted by Gasteiger charge is -1.97. The number of aryl methyl sites for hydroxylation is 1. The lowest BCUT2D eigenvalue weighted by atomic mass is 10.3. The molecule has 0 aliphatic rings. The van der Waals surface area contributed by atoms with Gasteiger partial charge in [-0.15, -0.1) is 11.3 Å². The molecular weight excluding hydrogens is 212 g/mol. The van der Waals surface area contributed by atoms with Crippen LogP contribution in [0.3, 0.4) is 0 Å². The van der Waals surface area contributed by atoms with Crippen LogP contribution in [0.25, 0.3) is 0 Å². The third-order valence-corrected chi connectivity index (χ3v) is 3.68. The van der Waals surface area contributed by atoms with Crippen LogP contribution in [0.1, 0.15) is 16.7 Å². The number of rotatable bonds is 3. The summed E-state index contributed by atoms with van der Waals surface area (Å²) in [4.78, 5) is 5.78. The molecule has 4 heteroatoms. The molecule has 2 nitrogen and oxygen atoms in total. The first kappa shape index (κ1) is 9.68. The Labute approximate surface area is 92.2 Å². The van der Waals surface area contributed by atoms with Gasteiger partial charge in [0.25, 0.3) is 0 Å². The molecule has 0 atom stereocenters. The van der Waals surface area contributed by atoms with Crippen molar-refractivity contribution in [2.75, 3.05) is 0 Å². The Morgan fingerprint density at radius 2 is 2.21 bits per heavy atom. The predicted octanol–water partition coefficient (Wildman–Crippen LogP) is 3.22. The molecule has 0 aromatic carbocycles. The number of H-pyrrole nitrogens is 1. The van der Waals surface area contributed by atoms with E-state index in [0.717, 1.165) is 17.7 Å². The number of hydrogen-bond donors (Lipinski definition) is 1. The summed E-state index contributed by atoms with van der Waals surface area (Å²) in [6.07, 6.45) is 4.97. The van der Waals surface area contributed by atoms with E-state index in [-0.39, 0.29) is 0 Å². The highest BCUT2D eigenvalue weighted by Gasteiger charge is 1.99. The van der Waals surface area contributed by atoms with E-state index >= 15 is 0 Å². The molecule has 2 rings (SSSR count). The Kier molecular flexibility index (Phi) is 2.84. The van der Waals surface area contributed by atoms with Crippen molar-refractivity contribution in [1.82, 2.24) is 9.55 Å².